The summed E-state index contributed by atoms with van der Waals surface area (Å²) in [7, 11) is -1.93. The molecule has 7 nitrogen and oxygen atoms in total. The van der Waals surface area contributed by atoms with Crippen LogP contribution < -0.4 is 5.32 Å². The van der Waals surface area contributed by atoms with Gasteiger partial charge in [-0.2, -0.15) is 0 Å². The molecule has 1 saturated heterocycles. The van der Waals surface area contributed by atoms with Crippen molar-refractivity contribution in [3.63, 3.8) is 0 Å². The van der Waals surface area contributed by atoms with Crippen molar-refractivity contribution in [3.05, 3.63) is 53.6 Å². The minimum absolute atomic E-state index is 0.0551. The first-order valence-electron chi connectivity index (χ1n) is 20.9. The van der Waals surface area contributed by atoms with Crippen molar-refractivity contribution in [1.82, 2.24) is 10.2 Å². The van der Waals surface area contributed by atoms with Gasteiger partial charge in [-0.3, -0.25) is 13.8 Å². The normalized spacial score (nSPS) is 39.5. The minimum atomic E-state index is -1.93. The zero-order valence-corrected chi connectivity index (χ0v) is 34.8. The summed E-state index contributed by atoms with van der Waals surface area (Å²) in [5.41, 5.74) is 3.58. The van der Waals surface area contributed by atoms with Crippen LogP contribution in [-0.2, 0) is 19.1 Å². The minimum Gasteiger partial charge on any atom is -0.478 e. The Bertz CT molecular complexity index is 1830. The molecule has 54 heavy (non-hydrogen) atoms. The summed E-state index contributed by atoms with van der Waals surface area (Å²) in [4.78, 5) is 42.2. The molecule has 0 bridgehead atoms. The van der Waals surface area contributed by atoms with E-state index in [0.717, 1.165) is 95.0 Å². The van der Waals surface area contributed by atoms with Crippen molar-refractivity contribution in [2.45, 2.75) is 106 Å². The molecule has 6 aliphatic rings. The molecule has 1 aromatic rings. The Morgan fingerprint density at radius 2 is 1.59 bits per heavy atom. The number of amides is 1. The van der Waals surface area contributed by atoms with Crippen molar-refractivity contribution in [3.8, 4) is 0 Å². The quantitative estimate of drug-likeness (QED) is 0.114. The van der Waals surface area contributed by atoms with Crippen LogP contribution in [-0.4, -0.2) is 75.4 Å². The zero-order valence-electron chi connectivity index (χ0n) is 33.9. The monoisotopic (exact) mass is 758 g/mol. The summed E-state index contributed by atoms with van der Waals surface area (Å²) < 4.78 is 12.3. The molecule has 1 amide bonds. The second kappa shape index (κ2) is 13.7. The lowest BCUT2D eigenvalue weighted by molar-refractivity contribution is -0.224. The molecule has 0 aromatic heterocycles. The van der Waals surface area contributed by atoms with Gasteiger partial charge in [0.25, 0.3) is 5.91 Å². The number of hydrogen-bond acceptors (Lipinski definition) is 5. The number of ketones is 1. The van der Waals surface area contributed by atoms with E-state index >= 15 is 0 Å². The summed E-state index contributed by atoms with van der Waals surface area (Å²) in [6, 6.07) is 7.46. The highest BCUT2D eigenvalue weighted by Crippen LogP contribution is 2.77. The van der Waals surface area contributed by atoms with Crippen molar-refractivity contribution >= 4 is 38.6 Å². The molecule has 1 aromatic carbocycles. The number of hydrogen-bond donors (Lipinski definition) is 2. The fraction of sp³-hybridized carbons (Fsp3) is 0.696. The molecule has 5 aliphatic carbocycles. The number of nitrogens with one attached hydrogen (secondary N) is 1. The molecular formula is C46H66N2O5S. The lowest BCUT2D eigenvalue weighted by Gasteiger charge is -2.72. The summed E-state index contributed by atoms with van der Waals surface area (Å²) in [5.74, 6) is 5.48. The van der Waals surface area contributed by atoms with Crippen LogP contribution in [0.5, 0.6) is 0 Å². The molecular weight excluding hydrogens is 693 g/mol. The third kappa shape index (κ3) is 6.10. The molecule has 1 heterocycles. The van der Waals surface area contributed by atoms with Crippen LogP contribution in [0, 0.1) is 56.7 Å². The van der Waals surface area contributed by atoms with E-state index in [9.17, 15) is 23.7 Å². The summed E-state index contributed by atoms with van der Waals surface area (Å²) in [6.45, 7) is 22.1. The van der Waals surface area contributed by atoms with E-state index in [1.165, 1.54) is 5.57 Å². The van der Waals surface area contributed by atoms with E-state index in [-0.39, 0.29) is 39.3 Å². The van der Waals surface area contributed by atoms with Gasteiger partial charge in [0, 0.05) is 36.6 Å². The van der Waals surface area contributed by atoms with E-state index in [1.807, 2.05) is 12.1 Å². The second-order valence-electron chi connectivity index (χ2n) is 19.9. The average molecular weight is 759 g/mol. The predicted molar refractivity (Wildman–Crippen MR) is 220 cm³/mol. The first-order chi connectivity index (χ1) is 25.3. The summed E-state index contributed by atoms with van der Waals surface area (Å²) in [5, 5.41) is 12.5. The van der Waals surface area contributed by atoms with E-state index in [2.05, 4.69) is 70.3 Å². The second-order valence-corrected chi connectivity index (χ2v) is 22.7. The van der Waals surface area contributed by atoms with Crippen molar-refractivity contribution in [1.29, 1.82) is 0 Å². The standard InChI is InChI=1S/C46H66N2O5S/c1-30(2)33-16-21-46(39(49)40(50)47-24-9-25-48-26-28-54(8,53)29-27-48)23-22-44(6)35(38(33)46)14-15-37-43(5)19-17-34(31-10-12-32(13-11-31)41(51)52)42(3,4)36(43)18-20-45(37,44)7/h10-13,17,33,35-38H,1,8-9,14-16,18-29H2,2-7H3,(H,47,50)(H,51,52)/t33-,35+,36-,37+,38+,43-,44+,45+,46-/m0/s1. The highest BCUT2D eigenvalue weighted by Gasteiger charge is 2.71. The Labute approximate surface area is 325 Å². The third-order valence-corrected chi connectivity index (χ3v) is 19.1. The maximum atomic E-state index is 14.6. The van der Waals surface area contributed by atoms with Crippen LogP contribution in [0.1, 0.15) is 122 Å². The molecule has 0 unspecified atom stereocenters. The maximum absolute atomic E-state index is 14.6. The molecule has 7 rings (SSSR count). The van der Waals surface area contributed by atoms with Crippen LogP contribution >= 0.6 is 0 Å². The number of Topliss-reactive ketones (excluding diaryl/α,β-unsaturated/α-hetero) is 1. The summed E-state index contributed by atoms with van der Waals surface area (Å²) in [6.07, 6.45) is 12.3. The summed E-state index contributed by atoms with van der Waals surface area (Å²) >= 11 is 0. The number of fused-ring (bicyclic) bond motifs is 7. The molecule has 1 aliphatic heterocycles. The average Bonchev–Trinajstić information content (AvgIpc) is 3.52. The molecule has 2 N–H and O–H groups in total. The molecule has 0 spiro atoms. The van der Waals surface area contributed by atoms with E-state index in [4.69, 9.17) is 0 Å². The molecule has 4 saturated carbocycles. The Kier molecular flexibility index (Phi) is 10.1. The highest BCUT2D eigenvalue weighted by atomic mass is 32.2. The first-order valence-corrected chi connectivity index (χ1v) is 22.9. The number of benzene rings is 1. The maximum Gasteiger partial charge on any atom is 0.335 e. The van der Waals surface area contributed by atoms with Gasteiger partial charge >= 0.3 is 5.97 Å². The van der Waals surface area contributed by atoms with Gasteiger partial charge in [0.05, 0.1) is 5.56 Å². The Balaban J connectivity index is 1.11. The van der Waals surface area contributed by atoms with Crippen molar-refractivity contribution in [2.75, 3.05) is 37.7 Å². The largest absolute Gasteiger partial charge is 0.478 e. The van der Waals surface area contributed by atoms with Gasteiger partial charge in [0.1, 0.15) is 0 Å². The number of carboxylic acid groups (broad SMARTS) is 1. The number of rotatable bonds is 9. The topological polar surface area (TPSA) is 104 Å². The van der Waals surface area contributed by atoms with Crippen LogP contribution in [0.3, 0.4) is 0 Å². The molecule has 296 valence electrons. The van der Waals surface area contributed by atoms with Crippen molar-refractivity contribution < 1.29 is 23.7 Å². The van der Waals surface area contributed by atoms with Gasteiger partial charge in [-0.25, -0.2) is 4.79 Å². The van der Waals surface area contributed by atoms with Gasteiger partial charge in [-0.15, -0.1) is 0 Å². The van der Waals surface area contributed by atoms with E-state index < -0.39 is 26.8 Å². The highest BCUT2D eigenvalue weighted by molar-refractivity contribution is 8.00. The molecule has 8 heteroatoms. The number of carboxylic acids is 1. The Morgan fingerprint density at radius 1 is 0.907 bits per heavy atom. The fourth-order valence-corrected chi connectivity index (χ4v) is 15.7. The number of carbonyl (C=O) groups is 3. The zero-order chi connectivity index (χ0) is 39.1. The molecule has 9 atom stereocenters. The SMILES string of the molecule is C=C(C)[C@@H]1CC[C@]2(C(=O)C(=O)NCCCN3CCS(=C)(=O)CC3)CC[C@]3(C)[C@H](CC[C@@H]4[C@@]5(C)CC=C(c6ccc(C(=O)O)cc6)C(C)(C)[C@@H]5CC[C@]43C)[C@@H]12. The number of nitrogens with zero attached hydrogens (tertiary/aromatic N) is 1. The van der Waals surface area contributed by atoms with Crippen LogP contribution in [0.4, 0.5) is 0 Å². The van der Waals surface area contributed by atoms with Gasteiger partial charge in [-0.1, -0.05) is 65.0 Å². The lowest BCUT2D eigenvalue weighted by atomic mass is 9.32. The predicted octanol–water partition coefficient (Wildman–Crippen LogP) is 8.14. The number of allylic oxidation sites excluding steroid dienone is 3. The van der Waals surface area contributed by atoms with Crippen LogP contribution in [0.2, 0.25) is 0 Å². The number of carbonyl (C=O) groups excluding carboxylic acids is 2. The van der Waals surface area contributed by atoms with E-state index in [0.29, 0.717) is 41.4 Å². The lowest BCUT2D eigenvalue weighted by Crippen LogP contribution is -2.66. The third-order valence-electron chi connectivity index (χ3n) is 17.2. The molecule has 0 radical (unpaired) electrons. The smallest absolute Gasteiger partial charge is 0.335 e. The van der Waals surface area contributed by atoms with Gasteiger partial charge < -0.3 is 15.3 Å². The van der Waals surface area contributed by atoms with Crippen molar-refractivity contribution in [2.24, 2.45) is 56.7 Å². The van der Waals surface area contributed by atoms with E-state index in [1.54, 1.807) is 12.1 Å². The van der Waals surface area contributed by atoms with Crippen LogP contribution in [0.15, 0.2) is 42.5 Å². The van der Waals surface area contributed by atoms with Gasteiger partial charge in [0.15, 0.2) is 0 Å². The first kappa shape index (κ1) is 39.5. The molecule has 5 fully saturated rings. The van der Waals surface area contributed by atoms with Crippen LogP contribution in [0.25, 0.3) is 5.57 Å². The van der Waals surface area contributed by atoms with Gasteiger partial charge in [0.2, 0.25) is 5.78 Å². The Morgan fingerprint density at radius 3 is 2.24 bits per heavy atom. The fourth-order valence-electron chi connectivity index (χ4n) is 14.3. The van der Waals surface area contributed by atoms with Gasteiger partial charge in [-0.05, 0) is 168 Å². The number of aromatic carboxylic acids is 1. The Hall–Kier alpha value is -2.71.